The molecule has 0 aliphatic rings. The fourth-order valence-electron chi connectivity index (χ4n) is 1.72. The first-order valence-corrected chi connectivity index (χ1v) is 6.28. The number of benzene rings is 1. The van der Waals surface area contributed by atoms with Crippen molar-refractivity contribution in [1.82, 2.24) is 4.98 Å². The Balaban J connectivity index is 2.07. The number of nitrogens with two attached hydrogens (primary N) is 1. The van der Waals surface area contributed by atoms with Gasteiger partial charge in [0.25, 0.3) is 0 Å². The fraction of sp³-hybridized carbons (Fsp3) is 0.267. The standard InChI is InChI=1S/C15H17FN2O2/c1-10(17)11-6-7-14(13(16)8-11)20-9-12-4-3-5-15(18-12)19-2/h3-8,10H,9,17H2,1-2H3. The number of halogens is 1. The zero-order chi connectivity index (χ0) is 14.5. The van der Waals surface area contributed by atoms with Crippen molar-refractivity contribution in [2.45, 2.75) is 19.6 Å². The lowest BCUT2D eigenvalue weighted by Gasteiger charge is -2.10. The molecule has 0 radical (unpaired) electrons. The number of ether oxygens (including phenoxy) is 2. The average molecular weight is 276 g/mol. The molecule has 4 nitrogen and oxygen atoms in total. The largest absolute Gasteiger partial charge is 0.484 e. The van der Waals surface area contributed by atoms with E-state index in [0.29, 0.717) is 11.6 Å². The maximum absolute atomic E-state index is 13.8. The highest BCUT2D eigenvalue weighted by atomic mass is 19.1. The Labute approximate surface area is 117 Å². The van der Waals surface area contributed by atoms with Gasteiger partial charge in [0, 0.05) is 12.1 Å². The molecule has 0 fully saturated rings. The lowest BCUT2D eigenvalue weighted by atomic mass is 10.1. The van der Waals surface area contributed by atoms with Crippen molar-refractivity contribution in [3.8, 4) is 11.6 Å². The van der Waals surface area contributed by atoms with Crippen molar-refractivity contribution in [3.63, 3.8) is 0 Å². The van der Waals surface area contributed by atoms with E-state index in [1.165, 1.54) is 6.07 Å². The molecule has 1 atom stereocenters. The van der Waals surface area contributed by atoms with Crippen LogP contribution in [0, 0.1) is 5.82 Å². The summed E-state index contributed by atoms with van der Waals surface area (Å²) in [5, 5.41) is 0. The third-order valence-corrected chi connectivity index (χ3v) is 2.85. The van der Waals surface area contributed by atoms with E-state index in [9.17, 15) is 4.39 Å². The summed E-state index contributed by atoms with van der Waals surface area (Å²) in [5.74, 6) is 0.251. The molecule has 106 valence electrons. The van der Waals surface area contributed by atoms with Crippen LogP contribution in [0.2, 0.25) is 0 Å². The number of nitrogens with zero attached hydrogens (tertiary/aromatic N) is 1. The van der Waals surface area contributed by atoms with Crippen molar-refractivity contribution in [2.75, 3.05) is 7.11 Å². The molecule has 1 aromatic heterocycles. The van der Waals surface area contributed by atoms with Crippen LogP contribution in [0.15, 0.2) is 36.4 Å². The second kappa shape index (κ2) is 6.34. The van der Waals surface area contributed by atoms with Crippen molar-refractivity contribution < 1.29 is 13.9 Å². The van der Waals surface area contributed by atoms with E-state index in [2.05, 4.69) is 4.98 Å². The SMILES string of the molecule is COc1cccc(COc2ccc(C(C)N)cc2F)n1. The monoisotopic (exact) mass is 276 g/mol. The van der Waals surface area contributed by atoms with Gasteiger partial charge in [0.15, 0.2) is 11.6 Å². The number of hydrogen-bond acceptors (Lipinski definition) is 4. The smallest absolute Gasteiger partial charge is 0.213 e. The summed E-state index contributed by atoms with van der Waals surface area (Å²) in [4.78, 5) is 4.19. The van der Waals surface area contributed by atoms with Crippen LogP contribution in [-0.2, 0) is 6.61 Å². The van der Waals surface area contributed by atoms with Crippen molar-refractivity contribution >= 4 is 0 Å². The van der Waals surface area contributed by atoms with Gasteiger partial charge in [-0.05, 0) is 30.7 Å². The minimum absolute atomic E-state index is 0.172. The van der Waals surface area contributed by atoms with Gasteiger partial charge in [0.2, 0.25) is 5.88 Å². The van der Waals surface area contributed by atoms with Gasteiger partial charge in [0.1, 0.15) is 6.61 Å². The quantitative estimate of drug-likeness (QED) is 0.912. The van der Waals surface area contributed by atoms with E-state index in [0.717, 1.165) is 5.56 Å². The third kappa shape index (κ3) is 3.45. The number of hydrogen-bond donors (Lipinski definition) is 1. The van der Waals surface area contributed by atoms with Gasteiger partial charge >= 0.3 is 0 Å². The van der Waals surface area contributed by atoms with E-state index in [1.807, 2.05) is 0 Å². The van der Waals surface area contributed by atoms with Crippen molar-refractivity contribution in [3.05, 3.63) is 53.5 Å². The molecule has 1 heterocycles. The lowest BCUT2D eigenvalue weighted by Crippen LogP contribution is -2.06. The minimum Gasteiger partial charge on any atom is -0.484 e. The van der Waals surface area contributed by atoms with Gasteiger partial charge in [-0.25, -0.2) is 9.37 Å². The topological polar surface area (TPSA) is 57.4 Å². The highest BCUT2D eigenvalue weighted by Gasteiger charge is 2.08. The van der Waals surface area contributed by atoms with E-state index in [-0.39, 0.29) is 18.4 Å². The maximum atomic E-state index is 13.8. The molecule has 0 saturated carbocycles. The maximum Gasteiger partial charge on any atom is 0.213 e. The first kappa shape index (κ1) is 14.3. The van der Waals surface area contributed by atoms with Crippen LogP contribution < -0.4 is 15.2 Å². The van der Waals surface area contributed by atoms with Crippen molar-refractivity contribution in [1.29, 1.82) is 0 Å². The minimum atomic E-state index is -0.428. The molecule has 1 aromatic carbocycles. The molecular weight excluding hydrogens is 259 g/mol. The molecule has 2 aromatic rings. The number of aromatic nitrogens is 1. The molecule has 1 unspecified atom stereocenters. The molecule has 0 spiro atoms. The van der Waals surface area contributed by atoms with Gasteiger partial charge in [-0.1, -0.05) is 12.1 Å². The van der Waals surface area contributed by atoms with Crippen LogP contribution in [0.4, 0.5) is 4.39 Å². The number of pyridine rings is 1. The Morgan fingerprint density at radius 1 is 1.30 bits per heavy atom. The predicted octanol–water partition coefficient (Wildman–Crippen LogP) is 2.83. The molecule has 2 rings (SSSR count). The number of methoxy groups -OCH3 is 1. The van der Waals surface area contributed by atoms with Gasteiger partial charge < -0.3 is 15.2 Å². The van der Waals surface area contributed by atoms with E-state index < -0.39 is 5.82 Å². The number of rotatable bonds is 5. The Hall–Kier alpha value is -2.14. The second-order valence-corrected chi connectivity index (χ2v) is 4.44. The summed E-state index contributed by atoms with van der Waals surface area (Å²) in [7, 11) is 1.54. The molecule has 0 aliphatic heterocycles. The summed E-state index contributed by atoms with van der Waals surface area (Å²) in [6.07, 6.45) is 0. The van der Waals surface area contributed by atoms with Crippen LogP contribution >= 0.6 is 0 Å². The molecule has 2 N–H and O–H groups in total. The molecule has 20 heavy (non-hydrogen) atoms. The zero-order valence-electron chi connectivity index (χ0n) is 11.5. The van der Waals surface area contributed by atoms with E-state index in [4.69, 9.17) is 15.2 Å². The van der Waals surface area contributed by atoms with E-state index in [1.54, 1.807) is 44.4 Å². The second-order valence-electron chi connectivity index (χ2n) is 4.44. The average Bonchev–Trinajstić information content (AvgIpc) is 2.46. The Kier molecular flexibility index (Phi) is 4.53. The predicted molar refractivity (Wildman–Crippen MR) is 74.1 cm³/mol. The highest BCUT2D eigenvalue weighted by molar-refractivity contribution is 5.31. The first-order chi connectivity index (χ1) is 9.60. The summed E-state index contributed by atoms with van der Waals surface area (Å²) >= 11 is 0. The van der Waals surface area contributed by atoms with Crippen LogP contribution in [0.1, 0.15) is 24.2 Å². The van der Waals surface area contributed by atoms with Crippen LogP contribution in [0.5, 0.6) is 11.6 Å². The first-order valence-electron chi connectivity index (χ1n) is 6.28. The van der Waals surface area contributed by atoms with Crippen LogP contribution in [-0.4, -0.2) is 12.1 Å². The normalized spacial score (nSPS) is 12.0. The summed E-state index contributed by atoms with van der Waals surface area (Å²) in [5.41, 5.74) is 7.10. The summed E-state index contributed by atoms with van der Waals surface area (Å²) in [6.45, 7) is 1.97. The summed E-state index contributed by atoms with van der Waals surface area (Å²) < 4.78 is 24.3. The molecule has 0 amide bonds. The zero-order valence-corrected chi connectivity index (χ0v) is 11.5. The molecule has 0 aliphatic carbocycles. The summed E-state index contributed by atoms with van der Waals surface area (Å²) in [6, 6.07) is 9.84. The van der Waals surface area contributed by atoms with Crippen LogP contribution in [0.25, 0.3) is 0 Å². The van der Waals surface area contributed by atoms with Gasteiger partial charge in [-0.15, -0.1) is 0 Å². The molecular formula is C15H17FN2O2. The lowest BCUT2D eigenvalue weighted by molar-refractivity contribution is 0.283. The third-order valence-electron chi connectivity index (χ3n) is 2.85. The Morgan fingerprint density at radius 3 is 2.75 bits per heavy atom. The van der Waals surface area contributed by atoms with Gasteiger partial charge in [0.05, 0.1) is 12.8 Å². The fourth-order valence-corrected chi connectivity index (χ4v) is 1.72. The Morgan fingerprint density at radius 2 is 2.10 bits per heavy atom. The van der Waals surface area contributed by atoms with Crippen LogP contribution in [0.3, 0.4) is 0 Å². The highest BCUT2D eigenvalue weighted by Crippen LogP contribution is 2.22. The van der Waals surface area contributed by atoms with Crippen molar-refractivity contribution in [2.24, 2.45) is 5.73 Å². The van der Waals surface area contributed by atoms with E-state index >= 15 is 0 Å². The van der Waals surface area contributed by atoms with Gasteiger partial charge in [-0.2, -0.15) is 0 Å². The molecule has 0 saturated heterocycles. The molecule has 5 heteroatoms. The Bertz CT molecular complexity index is 588. The van der Waals surface area contributed by atoms with Gasteiger partial charge in [-0.3, -0.25) is 0 Å². The molecule has 0 bridgehead atoms.